The lowest BCUT2D eigenvalue weighted by atomic mass is 9.71. The fraction of sp³-hybridized carbons (Fsp3) is 0.733. The Labute approximate surface area is 129 Å². The molecule has 0 bridgehead atoms. The fourth-order valence-electron chi connectivity index (χ4n) is 3.53. The third kappa shape index (κ3) is 2.84. The molecule has 0 spiro atoms. The van der Waals surface area contributed by atoms with Crippen LogP contribution in [0.1, 0.15) is 23.4 Å². The van der Waals surface area contributed by atoms with Crippen molar-refractivity contribution in [2.45, 2.75) is 44.4 Å². The Kier molecular flexibility index (Phi) is 4.28. The minimum Gasteiger partial charge on any atom is -0.376 e. The standard InChI is InChI=1S/C15H23N3O2S/c1-9-11(21-8-16-9)4-5-12(19)17-13-10-6-7-20-15(10)14(13)18(2)3/h8,10,13-15H,4-7H2,1-3H3,(H,17,19)/t10-,13+,14-,15-/m1/s1. The third-order valence-corrected chi connectivity index (χ3v) is 5.69. The van der Waals surface area contributed by atoms with Gasteiger partial charge in [-0.25, -0.2) is 4.98 Å². The lowest BCUT2D eigenvalue weighted by Gasteiger charge is -2.50. The van der Waals surface area contributed by atoms with E-state index in [1.165, 1.54) is 4.88 Å². The molecule has 3 rings (SSSR count). The number of amides is 1. The van der Waals surface area contributed by atoms with E-state index in [0.717, 1.165) is 25.1 Å². The van der Waals surface area contributed by atoms with Crippen LogP contribution in [0.4, 0.5) is 0 Å². The van der Waals surface area contributed by atoms with Crippen molar-refractivity contribution < 1.29 is 9.53 Å². The number of carbonyl (C=O) groups excluding carboxylic acids is 1. The molecule has 4 atom stereocenters. The minimum absolute atomic E-state index is 0.144. The summed E-state index contributed by atoms with van der Waals surface area (Å²) in [5, 5.41) is 3.22. The van der Waals surface area contributed by atoms with Gasteiger partial charge in [0.2, 0.25) is 5.91 Å². The topological polar surface area (TPSA) is 54.5 Å². The number of aryl methyl sites for hydroxylation is 2. The van der Waals surface area contributed by atoms with Crippen LogP contribution in [-0.2, 0) is 16.0 Å². The summed E-state index contributed by atoms with van der Waals surface area (Å²) in [7, 11) is 4.12. The van der Waals surface area contributed by atoms with E-state index in [1.807, 2.05) is 12.4 Å². The van der Waals surface area contributed by atoms with Crippen molar-refractivity contribution in [3.8, 4) is 0 Å². The van der Waals surface area contributed by atoms with Crippen LogP contribution in [0, 0.1) is 12.8 Å². The van der Waals surface area contributed by atoms with Crippen LogP contribution in [0.3, 0.4) is 0 Å². The first-order valence-corrected chi connectivity index (χ1v) is 8.42. The third-order valence-electron chi connectivity index (χ3n) is 4.70. The van der Waals surface area contributed by atoms with Gasteiger partial charge < -0.3 is 15.0 Å². The van der Waals surface area contributed by atoms with Gasteiger partial charge in [0.1, 0.15) is 0 Å². The maximum atomic E-state index is 12.2. The van der Waals surface area contributed by atoms with Crippen molar-refractivity contribution in [3.05, 3.63) is 16.1 Å². The molecule has 0 radical (unpaired) electrons. The van der Waals surface area contributed by atoms with Gasteiger partial charge in [-0.1, -0.05) is 0 Å². The Balaban J connectivity index is 1.53. The molecule has 1 aromatic rings. The second kappa shape index (κ2) is 6.02. The van der Waals surface area contributed by atoms with Crippen molar-refractivity contribution in [2.24, 2.45) is 5.92 Å². The quantitative estimate of drug-likeness (QED) is 0.888. The number of fused-ring (bicyclic) bond motifs is 1. The van der Waals surface area contributed by atoms with Crippen LogP contribution in [0.2, 0.25) is 0 Å². The van der Waals surface area contributed by atoms with Crippen LogP contribution in [0.5, 0.6) is 0 Å². The largest absolute Gasteiger partial charge is 0.376 e. The number of nitrogens with zero attached hydrogens (tertiary/aromatic N) is 2. The van der Waals surface area contributed by atoms with Gasteiger partial charge in [0.15, 0.2) is 0 Å². The molecule has 1 N–H and O–H groups in total. The summed E-state index contributed by atoms with van der Waals surface area (Å²) in [6.07, 6.45) is 2.69. The molecule has 116 valence electrons. The number of likely N-dealkylation sites (N-methyl/N-ethyl adjacent to an activating group) is 1. The Morgan fingerprint density at radius 1 is 1.57 bits per heavy atom. The van der Waals surface area contributed by atoms with E-state index in [1.54, 1.807) is 11.3 Å². The molecule has 1 aliphatic carbocycles. The maximum Gasteiger partial charge on any atom is 0.220 e. The molecule has 0 unspecified atom stereocenters. The second-order valence-electron chi connectivity index (χ2n) is 6.20. The Morgan fingerprint density at radius 3 is 3.05 bits per heavy atom. The van der Waals surface area contributed by atoms with Crippen molar-refractivity contribution in [2.75, 3.05) is 20.7 Å². The fourth-order valence-corrected chi connectivity index (χ4v) is 4.32. The number of ether oxygens (including phenoxy) is 1. The molecule has 1 aromatic heterocycles. The van der Waals surface area contributed by atoms with E-state index in [-0.39, 0.29) is 11.9 Å². The highest BCUT2D eigenvalue weighted by Crippen LogP contribution is 2.41. The molecule has 2 aliphatic rings. The zero-order chi connectivity index (χ0) is 15.0. The van der Waals surface area contributed by atoms with Gasteiger partial charge in [0.25, 0.3) is 0 Å². The minimum atomic E-state index is 0.144. The molecule has 5 nitrogen and oxygen atoms in total. The molecular weight excluding hydrogens is 286 g/mol. The summed E-state index contributed by atoms with van der Waals surface area (Å²) in [5.41, 5.74) is 2.89. The van der Waals surface area contributed by atoms with Crippen molar-refractivity contribution in [3.63, 3.8) is 0 Å². The number of nitrogens with one attached hydrogen (secondary N) is 1. The van der Waals surface area contributed by atoms with Gasteiger partial charge in [-0.3, -0.25) is 4.79 Å². The Morgan fingerprint density at radius 2 is 2.38 bits per heavy atom. The smallest absolute Gasteiger partial charge is 0.220 e. The summed E-state index contributed by atoms with van der Waals surface area (Å²) in [6, 6.07) is 0.550. The zero-order valence-electron chi connectivity index (χ0n) is 12.8. The molecule has 0 aromatic carbocycles. The van der Waals surface area contributed by atoms with E-state index in [2.05, 4.69) is 29.3 Å². The van der Waals surface area contributed by atoms with Gasteiger partial charge in [-0.05, 0) is 33.9 Å². The predicted molar refractivity (Wildman–Crippen MR) is 82.4 cm³/mol. The lowest BCUT2D eigenvalue weighted by Crippen LogP contribution is -2.69. The molecule has 21 heavy (non-hydrogen) atoms. The molecule has 1 saturated heterocycles. The second-order valence-corrected chi connectivity index (χ2v) is 7.14. The molecule has 6 heteroatoms. The van der Waals surface area contributed by atoms with Crippen molar-refractivity contribution >= 4 is 17.2 Å². The first kappa shape index (κ1) is 14.9. The normalized spacial score (nSPS) is 31.0. The average molecular weight is 309 g/mol. The van der Waals surface area contributed by atoms with E-state index in [0.29, 0.717) is 24.5 Å². The number of hydrogen-bond donors (Lipinski definition) is 1. The van der Waals surface area contributed by atoms with E-state index in [9.17, 15) is 4.79 Å². The summed E-state index contributed by atoms with van der Waals surface area (Å²) >= 11 is 1.63. The summed E-state index contributed by atoms with van der Waals surface area (Å²) < 4.78 is 5.77. The van der Waals surface area contributed by atoms with Crippen LogP contribution < -0.4 is 5.32 Å². The first-order valence-electron chi connectivity index (χ1n) is 7.54. The van der Waals surface area contributed by atoms with Gasteiger partial charge >= 0.3 is 0 Å². The van der Waals surface area contributed by atoms with Gasteiger partial charge in [-0.15, -0.1) is 11.3 Å². The van der Waals surface area contributed by atoms with Gasteiger partial charge in [-0.2, -0.15) is 0 Å². The molecule has 2 heterocycles. The SMILES string of the molecule is Cc1ncsc1CCC(=O)N[C@H]1[C@H]2CCO[C@H]2[C@@H]1N(C)C. The molecule has 1 aliphatic heterocycles. The molecular formula is C15H23N3O2S. The highest BCUT2D eigenvalue weighted by Gasteiger charge is 2.55. The van der Waals surface area contributed by atoms with Crippen molar-refractivity contribution in [1.82, 2.24) is 15.2 Å². The number of aromatic nitrogens is 1. The average Bonchev–Trinajstić information content (AvgIpc) is 3.00. The number of rotatable bonds is 5. The summed E-state index contributed by atoms with van der Waals surface area (Å²) in [4.78, 5) is 19.8. The summed E-state index contributed by atoms with van der Waals surface area (Å²) in [6.45, 7) is 2.82. The highest BCUT2D eigenvalue weighted by molar-refractivity contribution is 7.09. The van der Waals surface area contributed by atoms with Crippen LogP contribution >= 0.6 is 11.3 Å². The van der Waals surface area contributed by atoms with E-state index < -0.39 is 0 Å². The molecule has 2 fully saturated rings. The Bertz CT molecular complexity index is 517. The number of hydrogen-bond acceptors (Lipinski definition) is 5. The molecule has 1 saturated carbocycles. The van der Waals surface area contributed by atoms with E-state index >= 15 is 0 Å². The van der Waals surface area contributed by atoms with Crippen LogP contribution in [0.25, 0.3) is 0 Å². The lowest BCUT2D eigenvalue weighted by molar-refractivity contribution is -0.128. The van der Waals surface area contributed by atoms with Crippen molar-refractivity contribution in [1.29, 1.82) is 0 Å². The molecule has 1 amide bonds. The number of carbonyl (C=O) groups is 1. The zero-order valence-corrected chi connectivity index (χ0v) is 13.7. The summed E-state index contributed by atoms with van der Waals surface area (Å²) in [5.74, 6) is 0.636. The maximum absolute atomic E-state index is 12.2. The highest BCUT2D eigenvalue weighted by atomic mass is 32.1. The first-order chi connectivity index (χ1) is 10.1. The monoisotopic (exact) mass is 309 g/mol. The van der Waals surface area contributed by atoms with Gasteiger partial charge in [0.05, 0.1) is 29.4 Å². The van der Waals surface area contributed by atoms with Crippen LogP contribution in [-0.4, -0.2) is 54.7 Å². The predicted octanol–water partition coefficient (Wildman–Crippen LogP) is 1.22. The van der Waals surface area contributed by atoms with E-state index in [4.69, 9.17) is 4.74 Å². The van der Waals surface area contributed by atoms with Gasteiger partial charge in [0, 0.05) is 23.8 Å². The van der Waals surface area contributed by atoms with Crippen LogP contribution in [0.15, 0.2) is 5.51 Å². The Hall–Kier alpha value is -0.980. The number of thiazole rings is 1.